The number of hydrogen-bond acceptors (Lipinski definition) is 5. The second-order valence-corrected chi connectivity index (χ2v) is 10.2. The summed E-state index contributed by atoms with van der Waals surface area (Å²) < 4.78 is 6.24. The largest absolute Gasteiger partial charge is 0.481 e. The van der Waals surface area contributed by atoms with Crippen molar-refractivity contribution in [2.24, 2.45) is 11.8 Å². The number of ether oxygens (including phenoxy) is 1. The van der Waals surface area contributed by atoms with Gasteiger partial charge in [-0.1, -0.05) is 52.3 Å². The van der Waals surface area contributed by atoms with Crippen molar-refractivity contribution in [1.82, 2.24) is 4.90 Å². The van der Waals surface area contributed by atoms with Crippen LogP contribution in [0.25, 0.3) is 10.8 Å². The molecule has 2 aromatic carbocycles. The molecule has 2 amide bonds. The number of β-amino-alcohol motifs (C(OH)–C–C–N with tert-alkyl or cyclic N) is 1. The van der Waals surface area contributed by atoms with Crippen LogP contribution in [0.3, 0.4) is 0 Å². The van der Waals surface area contributed by atoms with Gasteiger partial charge in [0.15, 0.2) is 0 Å². The molecular weight excluding hydrogens is 504 g/mol. The first-order valence-electron chi connectivity index (χ1n) is 11.2. The molecule has 3 saturated heterocycles. The number of alkyl halides is 1. The van der Waals surface area contributed by atoms with E-state index in [1.165, 1.54) is 4.90 Å². The maximum absolute atomic E-state index is 14.2. The number of nitrogens with zero attached hydrogens (tertiary/aromatic N) is 2. The molecule has 6 atom stereocenters. The Morgan fingerprint density at radius 2 is 2.00 bits per heavy atom. The Morgan fingerprint density at radius 3 is 2.68 bits per heavy atom. The number of anilines is 1. The fourth-order valence-corrected chi connectivity index (χ4v) is 6.93. The number of carboxylic acid groups (broad SMARTS) is 1. The highest BCUT2D eigenvalue weighted by atomic mass is 79.9. The lowest BCUT2D eigenvalue weighted by atomic mass is 9.70. The van der Waals surface area contributed by atoms with Gasteiger partial charge in [0.25, 0.3) is 5.91 Å². The zero-order valence-electron chi connectivity index (χ0n) is 18.3. The predicted octanol–water partition coefficient (Wildman–Crippen LogP) is 2.18. The number of halogens is 1. The molecule has 3 aliphatic rings. The van der Waals surface area contributed by atoms with Gasteiger partial charge in [-0.2, -0.15) is 0 Å². The Hall–Kier alpha value is -2.75. The number of carbonyl (C=O) groups excluding carboxylic acids is 2. The molecule has 34 heavy (non-hydrogen) atoms. The summed E-state index contributed by atoms with van der Waals surface area (Å²) in [7, 11) is 0. The molecule has 2 N–H and O–H groups in total. The Balaban J connectivity index is 1.60. The van der Waals surface area contributed by atoms with E-state index in [2.05, 4.69) is 22.5 Å². The number of amides is 2. The van der Waals surface area contributed by atoms with Crippen LogP contribution in [0, 0.1) is 11.8 Å². The molecule has 2 bridgehead atoms. The normalized spacial score (nSPS) is 31.6. The van der Waals surface area contributed by atoms with Gasteiger partial charge in [0, 0.05) is 23.6 Å². The van der Waals surface area contributed by atoms with Crippen molar-refractivity contribution in [3.05, 3.63) is 55.1 Å². The van der Waals surface area contributed by atoms with Crippen molar-refractivity contribution in [3.63, 3.8) is 0 Å². The molecule has 3 heterocycles. The number of aliphatic hydroxyl groups excluding tert-OH is 1. The highest BCUT2D eigenvalue weighted by molar-refractivity contribution is 9.09. The first-order valence-corrected chi connectivity index (χ1v) is 12.1. The van der Waals surface area contributed by atoms with Crippen LogP contribution in [0.2, 0.25) is 0 Å². The van der Waals surface area contributed by atoms with E-state index in [4.69, 9.17) is 4.74 Å². The van der Waals surface area contributed by atoms with Gasteiger partial charge in [-0.15, -0.1) is 6.58 Å². The van der Waals surface area contributed by atoms with Crippen LogP contribution < -0.4 is 4.90 Å². The van der Waals surface area contributed by atoms with Crippen LogP contribution in [-0.4, -0.2) is 75.2 Å². The highest BCUT2D eigenvalue weighted by Crippen LogP contribution is 2.60. The third-order valence-corrected chi connectivity index (χ3v) is 8.12. The zero-order valence-corrected chi connectivity index (χ0v) is 19.9. The van der Waals surface area contributed by atoms with Gasteiger partial charge < -0.3 is 24.7 Å². The summed E-state index contributed by atoms with van der Waals surface area (Å²) in [5, 5.41) is 21.6. The number of fused-ring (bicyclic) bond motifs is 2. The SMILES string of the molecule is C=CCN(C(=O)C1N(CCO)C(=O)[C@@H]2[C@@H](C(=O)O)[C@@H]3OC12CC3Br)c1ccc2ccccc2c1. The molecule has 5 rings (SSSR count). The molecule has 3 fully saturated rings. The predicted molar refractivity (Wildman–Crippen MR) is 129 cm³/mol. The quantitative estimate of drug-likeness (QED) is 0.421. The molecule has 8 nitrogen and oxygen atoms in total. The fraction of sp³-hybridized carbons (Fsp3) is 0.400. The number of rotatable bonds is 7. The smallest absolute Gasteiger partial charge is 0.310 e. The Bertz CT molecular complexity index is 1190. The van der Waals surface area contributed by atoms with Gasteiger partial charge in [0.05, 0.1) is 24.5 Å². The zero-order chi connectivity index (χ0) is 24.2. The van der Waals surface area contributed by atoms with Gasteiger partial charge >= 0.3 is 5.97 Å². The van der Waals surface area contributed by atoms with E-state index in [1.807, 2.05) is 42.5 Å². The summed E-state index contributed by atoms with van der Waals surface area (Å²) >= 11 is 3.52. The maximum atomic E-state index is 14.2. The summed E-state index contributed by atoms with van der Waals surface area (Å²) in [5.41, 5.74) is -0.640. The van der Waals surface area contributed by atoms with E-state index in [0.29, 0.717) is 12.1 Å². The minimum Gasteiger partial charge on any atom is -0.481 e. The average Bonchev–Trinajstić information content (AvgIpc) is 3.41. The number of benzene rings is 2. The van der Waals surface area contributed by atoms with Gasteiger partial charge in [0.2, 0.25) is 5.91 Å². The Labute approximate surface area is 204 Å². The minimum atomic E-state index is -1.28. The van der Waals surface area contributed by atoms with Gasteiger partial charge in [0.1, 0.15) is 11.6 Å². The van der Waals surface area contributed by atoms with Crippen molar-refractivity contribution in [1.29, 1.82) is 0 Å². The molecule has 0 radical (unpaired) electrons. The van der Waals surface area contributed by atoms with E-state index in [1.54, 1.807) is 11.0 Å². The molecule has 2 aromatic rings. The number of likely N-dealkylation sites (tertiary alicyclic amines) is 1. The van der Waals surface area contributed by atoms with E-state index < -0.39 is 41.5 Å². The Morgan fingerprint density at radius 1 is 1.26 bits per heavy atom. The summed E-state index contributed by atoms with van der Waals surface area (Å²) in [6.45, 7) is 3.55. The summed E-state index contributed by atoms with van der Waals surface area (Å²) in [5.74, 6) is -4.00. The van der Waals surface area contributed by atoms with Crippen molar-refractivity contribution in [3.8, 4) is 0 Å². The molecule has 178 valence electrons. The van der Waals surface area contributed by atoms with Gasteiger partial charge in [-0.3, -0.25) is 14.4 Å². The van der Waals surface area contributed by atoms with Crippen LogP contribution in [-0.2, 0) is 19.1 Å². The number of aliphatic hydroxyl groups is 1. The van der Waals surface area contributed by atoms with Gasteiger partial charge in [-0.05, 0) is 29.3 Å². The van der Waals surface area contributed by atoms with Crippen molar-refractivity contribution in [2.75, 3.05) is 24.6 Å². The van der Waals surface area contributed by atoms with Crippen LogP contribution in [0.4, 0.5) is 5.69 Å². The van der Waals surface area contributed by atoms with E-state index in [9.17, 15) is 24.6 Å². The summed E-state index contributed by atoms with van der Waals surface area (Å²) in [6.07, 6.45) is 1.23. The van der Waals surface area contributed by atoms with Crippen LogP contribution in [0.5, 0.6) is 0 Å². The first-order chi connectivity index (χ1) is 16.3. The van der Waals surface area contributed by atoms with Crippen molar-refractivity contribution >= 4 is 50.2 Å². The van der Waals surface area contributed by atoms with E-state index >= 15 is 0 Å². The molecule has 3 aliphatic heterocycles. The maximum Gasteiger partial charge on any atom is 0.310 e. The Kier molecular flexibility index (Phi) is 5.74. The molecule has 3 unspecified atom stereocenters. The first kappa shape index (κ1) is 23.0. The van der Waals surface area contributed by atoms with E-state index in [-0.39, 0.29) is 30.4 Å². The van der Waals surface area contributed by atoms with Crippen LogP contribution in [0.1, 0.15) is 6.42 Å². The molecule has 0 aromatic heterocycles. The van der Waals surface area contributed by atoms with Crippen LogP contribution >= 0.6 is 15.9 Å². The van der Waals surface area contributed by atoms with Crippen molar-refractivity contribution < 1.29 is 29.3 Å². The average molecular weight is 529 g/mol. The monoisotopic (exact) mass is 528 g/mol. The third kappa shape index (κ3) is 3.21. The van der Waals surface area contributed by atoms with Crippen molar-refractivity contribution in [2.45, 2.75) is 29.0 Å². The lowest BCUT2D eigenvalue weighted by molar-refractivity contribution is -0.149. The van der Waals surface area contributed by atoms with Gasteiger partial charge in [-0.25, -0.2) is 0 Å². The molecule has 0 aliphatic carbocycles. The van der Waals surface area contributed by atoms with E-state index in [0.717, 1.165) is 10.8 Å². The second kappa shape index (κ2) is 8.48. The minimum absolute atomic E-state index is 0.0829. The summed E-state index contributed by atoms with van der Waals surface area (Å²) in [4.78, 5) is 42.3. The summed E-state index contributed by atoms with van der Waals surface area (Å²) in [6, 6.07) is 12.4. The molecular formula is C25H25BrN2O6. The lowest BCUT2D eigenvalue weighted by Crippen LogP contribution is -2.57. The lowest BCUT2D eigenvalue weighted by Gasteiger charge is -2.37. The number of carbonyl (C=O) groups is 3. The molecule has 1 spiro atoms. The number of carboxylic acids is 1. The highest BCUT2D eigenvalue weighted by Gasteiger charge is 2.76. The molecule has 9 heteroatoms. The number of aliphatic carboxylic acids is 1. The standard InChI is InChI=1S/C25H25BrN2O6/c1-2-9-27(16-8-7-14-5-3-4-6-15(14)12-16)23(31)21-25-13-17(26)20(34-25)18(24(32)33)19(25)22(30)28(21)10-11-29/h2-8,12,17-21,29H,1,9-11,13H2,(H,32,33)/t17?,18-,19+,20-,21?,25?/m1/s1. The molecule has 0 saturated carbocycles. The number of hydrogen-bond donors (Lipinski definition) is 2. The third-order valence-electron chi connectivity index (χ3n) is 7.27. The fourth-order valence-electron chi connectivity index (χ4n) is 5.98. The van der Waals surface area contributed by atoms with Crippen LogP contribution in [0.15, 0.2) is 55.1 Å². The second-order valence-electron chi connectivity index (χ2n) is 9.03. The topological polar surface area (TPSA) is 107 Å².